The van der Waals surface area contributed by atoms with E-state index in [2.05, 4.69) is 10.3 Å². The second kappa shape index (κ2) is 7.38. The molecule has 0 unspecified atom stereocenters. The van der Waals surface area contributed by atoms with Crippen LogP contribution in [0.1, 0.15) is 5.56 Å². The number of nitrogens with one attached hydrogen (secondary N) is 1. The quantitative estimate of drug-likeness (QED) is 0.270. The van der Waals surface area contributed by atoms with Crippen molar-refractivity contribution >= 4 is 33.4 Å². The number of benzene rings is 4. The number of aromatic hydroxyl groups is 2. The van der Waals surface area contributed by atoms with Crippen molar-refractivity contribution < 1.29 is 10.2 Å². The van der Waals surface area contributed by atoms with Gasteiger partial charge < -0.3 is 15.5 Å². The zero-order valence-corrected chi connectivity index (χ0v) is 14.8. The molecule has 0 atom stereocenters. The van der Waals surface area contributed by atoms with Crippen molar-refractivity contribution in [1.29, 1.82) is 0 Å². The molecule has 4 rings (SSSR count). The summed E-state index contributed by atoms with van der Waals surface area (Å²) in [6, 6.07) is 23.0. The number of anilines is 1. The molecule has 0 radical (unpaired) electrons. The van der Waals surface area contributed by atoms with Crippen LogP contribution in [0.3, 0.4) is 0 Å². The molecule has 0 saturated carbocycles. The fourth-order valence-corrected chi connectivity index (χ4v) is 3.27. The van der Waals surface area contributed by atoms with Gasteiger partial charge in [-0.2, -0.15) is 0 Å². The van der Waals surface area contributed by atoms with Crippen LogP contribution in [-0.4, -0.2) is 29.5 Å². The largest absolute Gasteiger partial charge is 0.507 e. The van der Waals surface area contributed by atoms with Crippen molar-refractivity contribution in [3.63, 3.8) is 0 Å². The summed E-state index contributed by atoms with van der Waals surface area (Å²) in [5, 5.41) is 27.7. The molecule has 0 heterocycles. The molecule has 0 spiro atoms. The van der Waals surface area contributed by atoms with E-state index in [9.17, 15) is 10.2 Å². The summed E-state index contributed by atoms with van der Waals surface area (Å²) >= 11 is 0. The van der Waals surface area contributed by atoms with Crippen LogP contribution in [0.15, 0.2) is 77.8 Å². The number of aliphatic imine (C=N–C) groups is 1. The van der Waals surface area contributed by atoms with Crippen molar-refractivity contribution in [2.75, 3.05) is 18.4 Å². The number of rotatable bonds is 5. The Morgan fingerprint density at radius 2 is 1.37 bits per heavy atom. The highest BCUT2D eigenvalue weighted by Gasteiger charge is 2.06. The molecule has 4 nitrogen and oxygen atoms in total. The summed E-state index contributed by atoms with van der Waals surface area (Å²) in [4.78, 5) is 4.45. The molecule has 0 aliphatic carbocycles. The minimum absolute atomic E-state index is 0.220. The Kier molecular flexibility index (Phi) is 4.62. The Hall–Kier alpha value is -3.53. The Labute approximate surface area is 157 Å². The maximum absolute atomic E-state index is 10.2. The molecule has 0 aliphatic rings. The summed E-state index contributed by atoms with van der Waals surface area (Å²) in [7, 11) is 0. The van der Waals surface area contributed by atoms with Crippen LogP contribution in [-0.2, 0) is 0 Å². The molecule has 4 aromatic rings. The lowest BCUT2D eigenvalue weighted by molar-refractivity contribution is 0.475. The number of hydrogen-bond donors (Lipinski definition) is 3. The molecular weight excluding hydrogens is 336 g/mol. The summed E-state index contributed by atoms with van der Waals surface area (Å²) in [5.74, 6) is 0.446. The molecule has 3 N–H and O–H groups in total. The molecule has 4 aromatic carbocycles. The molecule has 4 heteroatoms. The maximum Gasteiger partial charge on any atom is 0.139 e. The van der Waals surface area contributed by atoms with Gasteiger partial charge in [-0.15, -0.1) is 0 Å². The van der Waals surface area contributed by atoms with E-state index in [-0.39, 0.29) is 11.5 Å². The Balaban J connectivity index is 1.49. The topological polar surface area (TPSA) is 64.9 Å². The fourth-order valence-electron chi connectivity index (χ4n) is 3.27. The Morgan fingerprint density at radius 3 is 2.15 bits per heavy atom. The number of phenolic OH excluding ortho intramolecular Hbond substituents is 2. The molecular formula is C23H20N2O2. The number of hydrogen-bond acceptors (Lipinski definition) is 4. The van der Waals surface area contributed by atoms with E-state index in [1.165, 1.54) is 0 Å². The standard InChI is InChI=1S/C23H20N2O2/c26-21-11-9-16-5-1-3-7-18(16)20(21)15-24-13-14-25-23-19-8-4-2-6-17(19)10-12-22(23)27/h1-12,15,25-27H,13-14H2/b24-15+. The molecule has 0 aromatic heterocycles. The third-order valence-corrected chi connectivity index (χ3v) is 4.62. The van der Waals surface area contributed by atoms with E-state index < -0.39 is 0 Å². The predicted octanol–water partition coefficient (Wildman–Crippen LogP) is 4.94. The van der Waals surface area contributed by atoms with Crippen molar-refractivity contribution in [2.24, 2.45) is 4.99 Å². The van der Waals surface area contributed by atoms with Crippen molar-refractivity contribution in [2.45, 2.75) is 0 Å². The average molecular weight is 356 g/mol. The van der Waals surface area contributed by atoms with Crippen LogP contribution in [0.4, 0.5) is 5.69 Å². The second-order valence-electron chi connectivity index (χ2n) is 6.36. The van der Waals surface area contributed by atoms with Gasteiger partial charge in [0.25, 0.3) is 0 Å². The summed E-state index contributed by atoms with van der Waals surface area (Å²) in [6.45, 7) is 1.09. The highest BCUT2D eigenvalue weighted by Crippen LogP contribution is 2.32. The number of fused-ring (bicyclic) bond motifs is 2. The first-order chi connectivity index (χ1) is 13.2. The van der Waals surface area contributed by atoms with Gasteiger partial charge in [0.05, 0.1) is 12.2 Å². The first kappa shape index (κ1) is 16.9. The van der Waals surface area contributed by atoms with Gasteiger partial charge >= 0.3 is 0 Å². The van der Waals surface area contributed by atoms with Gasteiger partial charge in [-0.3, -0.25) is 4.99 Å². The first-order valence-corrected chi connectivity index (χ1v) is 8.89. The SMILES string of the molecule is Oc1ccc2ccccc2c1/C=N/CCNc1c(O)ccc2ccccc12. The van der Waals surface area contributed by atoms with Gasteiger partial charge in [0.2, 0.25) is 0 Å². The zero-order chi connectivity index (χ0) is 18.6. The molecule has 134 valence electrons. The molecule has 0 aliphatic heterocycles. The molecule has 0 saturated heterocycles. The van der Waals surface area contributed by atoms with E-state index in [0.717, 1.165) is 32.8 Å². The monoisotopic (exact) mass is 356 g/mol. The van der Waals surface area contributed by atoms with Gasteiger partial charge in [-0.25, -0.2) is 0 Å². The highest BCUT2D eigenvalue weighted by atomic mass is 16.3. The Morgan fingerprint density at radius 1 is 0.741 bits per heavy atom. The highest BCUT2D eigenvalue weighted by molar-refractivity contribution is 6.02. The van der Waals surface area contributed by atoms with E-state index in [0.29, 0.717) is 13.1 Å². The molecule has 0 amide bonds. The van der Waals surface area contributed by atoms with Crippen LogP contribution in [0.5, 0.6) is 11.5 Å². The number of nitrogens with zero attached hydrogens (tertiary/aromatic N) is 1. The van der Waals surface area contributed by atoms with E-state index in [1.807, 2.05) is 60.7 Å². The molecule has 0 bridgehead atoms. The van der Waals surface area contributed by atoms with E-state index in [4.69, 9.17) is 0 Å². The maximum atomic E-state index is 10.2. The van der Waals surface area contributed by atoms with Crippen LogP contribution >= 0.6 is 0 Å². The number of phenols is 2. The van der Waals surface area contributed by atoms with Crippen LogP contribution < -0.4 is 5.32 Å². The van der Waals surface area contributed by atoms with E-state index >= 15 is 0 Å². The molecule has 0 fully saturated rings. The van der Waals surface area contributed by atoms with E-state index in [1.54, 1.807) is 18.3 Å². The van der Waals surface area contributed by atoms with Crippen molar-refractivity contribution in [3.05, 3.63) is 78.4 Å². The lowest BCUT2D eigenvalue weighted by Crippen LogP contribution is -2.05. The third kappa shape index (κ3) is 3.42. The van der Waals surface area contributed by atoms with Crippen LogP contribution in [0.2, 0.25) is 0 Å². The van der Waals surface area contributed by atoms with Gasteiger partial charge in [0.1, 0.15) is 11.5 Å². The van der Waals surface area contributed by atoms with Gasteiger partial charge in [-0.1, -0.05) is 60.7 Å². The smallest absolute Gasteiger partial charge is 0.139 e. The van der Waals surface area contributed by atoms with Crippen molar-refractivity contribution in [3.8, 4) is 11.5 Å². The summed E-state index contributed by atoms with van der Waals surface area (Å²) < 4.78 is 0. The van der Waals surface area contributed by atoms with Crippen molar-refractivity contribution in [1.82, 2.24) is 0 Å². The van der Waals surface area contributed by atoms with Gasteiger partial charge in [-0.05, 0) is 28.3 Å². The summed E-state index contributed by atoms with van der Waals surface area (Å²) in [5.41, 5.74) is 1.44. The fraction of sp³-hybridized carbons (Fsp3) is 0.0870. The lowest BCUT2D eigenvalue weighted by atomic mass is 10.0. The third-order valence-electron chi connectivity index (χ3n) is 4.62. The first-order valence-electron chi connectivity index (χ1n) is 8.89. The normalized spacial score (nSPS) is 11.4. The second-order valence-corrected chi connectivity index (χ2v) is 6.36. The van der Waals surface area contributed by atoms with Gasteiger partial charge in [0, 0.05) is 23.7 Å². The molecule has 27 heavy (non-hydrogen) atoms. The Bertz CT molecular complexity index is 1140. The summed E-state index contributed by atoms with van der Waals surface area (Å²) in [6.07, 6.45) is 1.71. The van der Waals surface area contributed by atoms with Crippen LogP contribution in [0.25, 0.3) is 21.5 Å². The van der Waals surface area contributed by atoms with Crippen LogP contribution in [0, 0.1) is 0 Å². The minimum atomic E-state index is 0.220. The van der Waals surface area contributed by atoms with Gasteiger partial charge in [0.15, 0.2) is 0 Å². The lowest BCUT2D eigenvalue weighted by Gasteiger charge is -2.11. The predicted molar refractivity (Wildman–Crippen MR) is 112 cm³/mol. The zero-order valence-electron chi connectivity index (χ0n) is 14.8. The minimum Gasteiger partial charge on any atom is -0.507 e. The average Bonchev–Trinajstić information content (AvgIpc) is 2.70.